The Morgan fingerprint density at radius 2 is 0.818 bits per heavy atom. The Labute approximate surface area is 213 Å². The van der Waals surface area contributed by atoms with Crippen molar-refractivity contribution < 1.29 is 16.5 Å². The first kappa shape index (κ1) is 29.3. The van der Waals surface area contributed by atoms with Crippen LogP contribution in [0.25, 0.3) is 0 Å². The van der Waals surface area contributed by atoms with Gasteiger partial charge in [-0.1, -0.05) is 114 Å². The topological polar surface area (TPSA) is 24.7 Å². The van der Waals surface area contributed by atoms with Gasteiger partial charge >= 0.3 is 0 Å². The van der Waals surface area contributed by atoms with E-state index in [0.717, 1.165) is 24.2 Å². The van der Waals surface area contributed by atoms with E-state index in [9.17, 15) is 0 Å². The molecule has 0 fully saturated rings. The maximum absolute atomic E-state index is 5.10. The third-order valence-electron chi connectivity index (χ3n) is 5.91. The monoisotopic (exact) mass is 490 g/mol. The molecule has 2 rings (SSSR count). The summed E-state index contributed by atoms with van der Waals surface area (Å²) in [5.74, 6) is 0. The fraction of sp³-hybridized carbons (Fsp3) is 0.533. The van der Waals surface area contributed by atoms with E-state index >= 15 is 0 Å². The van der Waals surface area contributed by atoms with E-state index in [-0.39, 0.29) is 16.5 Å². The van der Waals surface area contributed by atoms with Gasteiger partial charge in [0.05, 0.1) is 22.8 Å². The first-order valence-electron chi connectivity index (χ1n) is 13.1. The molecule has 0 N–H and O–H groups in total. The summed E-state index contributed by atoms with van der Waals surface area (Å²) in [5, 5.41) is 0. The number of rotatable bonds is 17. The van der Waals surface area contributed by atoms with Crippen molar-refractivity contribution in [1.29, 1.82) is 0 Å². The largest absolute Gasteiger partial charge is 0.252 e. The van der Waals surface area contributed by atoms with Crippen molar-refractivity contribution in [2.45, 2.75) is 104 Å². The van der Waals surface area contributed by atoms with Crippen LogP contribution in [0.1, 0.15) is 104 Å². The van der Waals surface area contributed by atoms with E-state index in [1.54, 1.807) is 0 Å². The SMILES string of the molecule is CCCCCCCCC(=Nc1ccccc1)C(CCCCCCCC)=Nc1ccccc1.[Ni]. The second-order valence-electron chi connectivity index (χ2n) is 8.82. The number of nitrogens with zero attached hydrogens (tertiary/aromatic N) is 2. The fourth-order valence-electron chi connectivity index (χ4n) is 3.99. The molecule has 0 bridgehead atoms. The minimum absolute atomic E-state index is 0. The van der Waals surface area contributed by atoms with Crippen LogP contribution < -0.4 is 0 Å². The molecule has 0 radical (unpaired) electrons. The summed E-state index contributed by atoms with van der Waals surface area (Å²) in [6, 6.07) is 20.8. The summed E-state index contributed by atoms with van der Waals surface area (Å²) in [5.41, 5.74) is 4.45. The molecule has 2 aromatic rings. The molecule has 2 nitrogen and oxygen atoms in total. The van der Waals surface area contributed by atoms with Crippen LogP contribution in [0.3, 0.4) is 0 Å². The molecule has 0 aliphatic heterocycles. The Kier molecular flexibility index (Phi) is 17.5. The molecule has 184 valence electrons. The van der Waals surface area contributed by atoms with Gasteiger partial charge in [-0.25, -0.2) is 0 Å². The van der Waals surface area contributed by atoms with Gasteiger partial charge in [-0.3, -0.25) is 9.98 Å². The summed E-state index contributed by atoms with van der Waals surface area (Å²) in [6.45, 7) is 4.55. The molecule has 3 heteroatoms. The Morgan fingerprint density at radius 3 is 1.18 bits per heavy atom. The van der Waals surface area contributed by atoms with E-state index < -0.39 is 0 Å². The number of unbranched alkanes of at least 4 members (excludes halogenated alkanes) is 10. The van der Waals surface area contributed by atoms with Crippen LogP contribution in [0.2, 0.25) is 0 Å². The number of para-hydroxylation sites is 2. The summed E-state index contributed by atoms with van der Waals surface area (Å²) in [7, 11) is 0. The second-order valence-corrected chi connectivity index (χ2v) is 8.82. The predicted octanol–water partition coefficient (Wildman–Crippen LogP) is 10.0. The molecule has 2 aromatic carbocycles. The molecule has 0 aliphatic carbocycles. The molecule has 0 saturated carbocycles. The van der Waals surface area contributed by atoms with Crippen molar-refractivity contribution in [3.05, 3.63) is 60.7 Å². The summed E-state index contributed by atoms with van der Waals surface area (Å²) >= 11 is 0. The van der Waals surface area contributed by atoms with E-state index in [4.69, 9.17) is 9.98 Å². The van der Waals surface area contributed by atoms with Crippen LogP contribution in [-0.2, 0) is 16.5 Å². The van der Waals surface area contributed by atoms with Gasteiger partial charge in [-0.2, -0.15) is 0 Å². The van der Waals surface area contributed by atoms with Crippen LogP contribution in [-0.4, -0.2) is 11.4 Å². The van der Waals surface area contributed by atoms with Crippen LogP contribution in [0.4, 0.5) is 11.4 Å². The number of aliphatic imine (C=N–C) groups is 2. The van der Waals surface area contributed by atoms with Crippen molar-refractivity contribution in [3.8, 4) is 0 Å². The van der Waals surface area contributed by atoms with Crippen molar-refractivity contribution >= 4 is 22.8 Å². The number of hydrogen-bond acceptors (Lipinski definition) is 2. The van der Waals surface area contributed by atoms with Gasteiger partial charge in [-0.05, 0) is 49.9 Å². The van der Waals surface area contributed by atoms with Crippen LogP contribution in [0, 0.1) is 0 Å². The van der Waals surface area contributed by atoms with Gasteiger partial charge in [0.1, 0.15) is 0 Å². The van der Waals surface area contributed by atoms with Crippen LogP contribution in [0.15, 0.2) is 70.6 Å². The zero-order valence-corrected chi connectivity index (χ0v) is 21.9. The molecule has 0 saturated heterocycles. The van der Waals surface area contributed by atoms with Crippen molar-refractivity contribution in [2.24, 2.45) is 9.98 Å². The molecule has 0 heterocycles. The molecule has 0 unspecified atom stereocenters. The van der Waals surface area contributed by atoms with Gasteiger partial charge < -0.3 is 0 Å². The third kappa shape index (κ3) is 13.5. The molecule has 0 atom stereocenters. The van der Waals surface area contributed by atoms with Gasteiger partial charge in [0.2, 0.25) is 0 Å². The smallest absolute Gasteiger partial charge is 0.0633 e. The Balaban J connectivity index is 0.00000544. The molecule has 0 aromatic heterocycles. The summed E-state index contributed by atoms with van der Waals surface area (Å²) < 4.78 is 0. The minimum atomic E-state index is 0. The number of hydrogen-bond donors (Lipinski definition) is 0. The first-order chi connectivity index (χ1) is 15.8. The van der Waals surface area contributed by atoms with Crippen molar-refractivity contribution in [1.82, 2.24) is 0 Å². The van der Waals surface area contributed by atoms with Crippen LogP contribution in [0.5, 0.6) is 0 Å². The van der Waals surface area contributed by atoms with E-state index in [0.29, 0.717) is 0 Å². The first-order valence-corrected chi connectivity index (χ1v) is 13.1. The standard InChI is InChI=1S/C30H44N2.Ni/c1-3-5-7-9-11-19-25-29(31-27-21-15-13-16-22-27)30(26-20-12-10-8-6-4-2)32-28-23-17-14-18-24-28;/h13-18,21-24H,3-12,19-20,25-26H2,1-2H3;. The molecular formula is C30H44N2Ni. The summed E-state index contributed by atoms with van der Waals surface area (Å²) in [6.07, 6.45) is 17.6. The molecule has 0 amide bonds. The van der Waals surface area contributed by atoms with Gasteiger partial charge in [0.15, 0.2) is 0 Å². The van der Waals surface area contributed by atoms with Crippen LogP contribution >= 0.6 is 0 Å². The maximum Gasteiger partial charge on any atom is 0.0633 e. The van der Waals surface area contributed by atoms with Gasteiger partial charge in [0.25, 0.3) is 0 Å². The zero-order chi connectivity index (χ0) is 22.7. The van der Waals surface area contributed by atoms with Crippen molar-refractivity contribution in [2.75, 3.05) is 0 Å². The Hall–Kier alpha value is -1.73. The average Bonchev–Trinajstić information content (AvgIpc) is 2.83. The second kappa shape index (κ2) is 19.7. The minimum Gasteiger partial charge on any atom is -0.252 e. The molecule has 0 aliphatic rings. The zero-order valence-electron chi connectivity index (χ0n) is 20.9. The fourth-order valence-corrected chi connectivity index (χ4v) is 3.99. The quantitative estimate of drug-likeness (QED) is 0.120. The normalized spacial score (nSPS) is 11.9. The van der Waals surface area contributed by atoms with E-state index in [1.165, 1.54) is 88.5 Å². The Morgan fingerprint density at radius 1 is 0.485 bits per heavy atom. The Bertz CT molecular complexity index is 701. The van der Waals surface area contributed by atoms with E-state index in [2.05, 4.69) is 74.5 Å². The third-order valence-corrected chi connectivity index (χ3v) is 5.91. The molecule has 0 spiro atoms. The molecule has 33 heavy (non-hydrogen) atoms. The maximum atomic E-state index is 5.10. The predicted molar refractivity (Wildman–Crippen MR) is 143 cm³/mol. The molecular weight excluding hydrogens is 447 g/mol. The van der Waals surface area contributed by atoms with E-state index in [1.807, 2.05) is 0 Å². The summed E-state index contributed by atoms with van der Waals surface area (Å²) in [4.78, 5) is 10.2. The van der Waals surface area contributed by atoms with Gasteiger partial charge in [0, 0.05) is 16.5 Å². The van der Waals surface area contributed by atoms with Gasteiger partial charge in [-0.15, -0.1) is 0 Å². The average molecular weight is 491 g/mol. The number of benzene rings is 2. The van der Waals surface area contributed by atoms with Crippen molar-refractivity contribution in [3.63, 3.8) is 0 Å².